The molecule has 0 aromatic carbocycles. The number of nitrogens with zero attached hydrogens (tertiary/aromatic N) is 1. The summed E-state index contributed by atoms with van der Waals surface area (Å²) in [4.78, 5) is 0. The van der Waals surface area contributed by atoms with E-state index >= 15 is 0 Å². The van der Waals surface area contributed by atoms with Crippen LogP contribution in [-0.2, 0) is 0 Å². The first-order valence-electron chi connectivity index (χ1n) is 7.01. The van der Waals surface area contributed by atoms with Gasteiger partial charge >= 0.3 is 0 Å². The lowest BCUT2D eigenvalue weighted by Gasteiger charge is -2.41. The van der Waals surface area contributed by atoms with Crippen LogP contribution in [0.25, 0.3) is 0 Å². The highest BCUT2D eigenvalue weighted by Crippen LogP contribution is 2.31. The molecule has 2 fully saturated rings. The van der Waals surface area contributed by atoms with Gasteiger partial charge in [-0.2, -0.15) is 0 Å². The molecule has 1 aliphatic carbocycles. The largest absolute Gasteiger partial charge is 0.326 e. The zero-order valence-electron chi connectivity index (χ0n) is 10.7. The molecule has 1 saturated heterocycles. The van der Waals surface area contributed by atoms with Crippen molar-refractivity contribution in [2.75, 3.05) is 26.7 Å². The maximum absolute atomic E-state index is 2.50. The molecule has 0 unspecified atom stereocenters. The van der Waals surface area contributed by atoms with E-state index in [2.05, 4.69) is 14.0 Å². The zero-order valence-corrected chi connectivity index (χ0v) is 10.7. The fraction of sp³-hybridized carbons (Fsp3) is 1.00. The molecule has 0 aromatic heterocycles. The summed E-state index contributed by atoms with van der Waals surface area (Å²) in [5.74, 6) is 2.05. The Bertz CT molecular complexity index is 186. The minimum Gasteiger partial charge on any atom is -0.326 e. The third-order valence-corrected chi connectivity index (χ3v) is 4.73. The highest BCUT2D eigenvalue weighted by atomic mass is 15.3. The summed E-state index contributed by atoms with van der Waals surface area (Å²) < 4.78 is 1.39. The summed E-state index contributed by atoms with van der Waals surface area (Å²) in [6, 6.07) is 0. The smallest absolute Gasteiger partial charge is 0.0813 e. The van der Waals surface area contributed by atoms with E-state index in [1.165, 1.54) is 69.1 Å². The lowest BCUT2D eigenvalue weighted by molar-refractivity contribution is -0.917. The summed E-state index contributed by atoms with van der Waals surface area (Å²) in [7, 11) is 2.50. The van der Waals surface area contributed by atoms with Crippen LogP contribution < -0.4 is 0 Å². The summed E-state index contributed by atoms with van der Waals surface area (Å²) in [6.45, 7) is 6.80. The van der Waals surface area contributed by atoms with Crippen molar-refractivity contribution < 1.29 is 4.48 Å². The Labute approximate surface area is 95.4 Å². The van der Waals surface area contributed by atoms with E-state index in [4.69, 9.17) is 0 Å². The first-order chi connectivity index (χ1) is 7.18. The number of hydrogen-bond acceptors (Lipinski definition) is 0. The first kappa shape index (κ1) is 11.4. The molecule has 1 saturated carbocycles. The molecule has 1 heteroatoms. The van der Waals surface area contributed by atoms with Crippen molar-refractivity contribution in [3.63, 3.8) is 0 Å². The lowest BCUT2D eigenvalue weighted by atomic mass is 9.82. The van der Waals surface area contributed by atoms with E-state index in [1.807, 2.05) is 0 Å². The van der Waals surface area contributed by atoms with Gasteiger partial charge in [-0.25, -0.2) is 0 Å². The average Bonchev–Trinajstić information content (AvgIpc) is 2.22. The first-order valence-corrected chi connectivity index (χ1v) is 7.01. The van der Waals surface area contributed by atoms with Gasteiger partial charge in [-0.1, -0.05) is 19.8 Å². The predicted molar refractivity (Wildman–Crippen MR) is 65.8 cm³/mol. The number of rotatable bonds is 2. The molecule has 0 atom stereocenters. The highest BCUT2D eigenvalue weighted by Gasteiger charge is 2.30. The van der Waals surface area contributed by atoms with Crippen molar-refractivity contribution in [2.24, 2.45) is 11.8 Å². The van der Waals surface area contributed by atoms with Gasteiger partial charge in [-0.05, 0) is 38.0 Å². The second-order valence-electron chi connectivity index (χ2n) is 6.44. The molecule has 0 aromatic rings. The van der Waals surface area contributed by atoms with Crippen molar-refractivity contribution >= 4 is 0 Å². The van der Waals surface area contributed by atoms with Gasteiger partial charge in [0.15, 0.2) is 0 Å². The van der Waals surface area contributed by atoms with Crippen LogP contribution in [0.2, 0.25) is 0 Å². The Morgan fingerprint density at radius 3 is 2.13 bits per heavy atom. The molecule has 1 aliphatic heterocycles. The van der Waals surface area contributed by atoms with Crippen molar-refractivity contribution in [1.82, 2.24) is 0 Å². The third-order valence-electron chi connectivity index (χ3n) is 4.73. The van der Waals surface area contributed by atoms with Crippen LogP contribution in [0.3, 0.4) is 0 Å². The van der Waals surface area contributed by atoms with Gasteiger partial charge in [0.1, 0.15) is 0 Å². The van der Waals surface area contributed by atoms with Crippen LogP contribution in [0.1, 0.15) is 51.9 Å². The Balaban J connectivity index is 1.80. The van der Waals surface area contributed by atoms with Gasteiger partial charge in [-0.3, -0.25) is 0 Å². The molecular weight excluding hydrogens is 182 g/mol. The Kier molecular flexibility index (Phi) is 3.71. The minimum atomic E-state index is 1.01. The van der Waals surface area contributed by atoms with E-state index in [-0.39, 0.29) is 0 Å². The second-order valence-corrected chi connectivity index (χ2v) is 6.44. The van der Waals surface area contributed by atoms with E-state index in [0.29, 0.717) is 0 Å². The molecule has 0 amide bonds. The molecule has 1 nitrogen and oxygen atoms in total. The van der Waals surface area contributed by atoms with Crippen LogP contribution in [0.15, 0.2) is 0 Å². The fourth-order valence-electron chi connectivity index (χ4n) is 3.59. The third kappa shape index (κ3) is 3.21. The number of quaternary nitrogens is 1. The van der Waals surface area contributed by atoms with Crippen molar-refractivity contribution in [2.45, 2.75) is 51.9 Å². The fourth-order valence-corrected chi connectivity index (χ4v) is 3.59. The monoisotopic (exact) mass is 210 g/mol. The van der Waals surface area contributed by atoms with E-state index in [9.17, 15) is 0 Å². The second kappa shape index (κ2) is 4.86. The maximum atomic E-state index is 2.50. The van der Waals surface area contributed by atoms with Crippen LogP contribution in [-0.4, -0.2) is 31.2 Å². The SMILES string of the molecule is CC1CCC(C[N+]2(C)CCCCC2)CC1. The van der Waals surface area contributed by atoms with Gasteiger partial charge in [0.2, 0.25) is 0 Å². The van der Waals surface area contributed by atoms with Gasteiger partial charge in [0.05, 0.1) is 26.7 Å². The van der Waals surface area contributed by atoms with Crippen LogP contribution in [0.4, 0.5) is 0 Å². The van der Waals surface area contributed by atoms with Crippen molar-refractivity contribution in [3.8, 4) is 0 Å². The molecule has 0 spiro atoms. The normalized spacial score (nSPS) is 36.4. The topological polar surface area (TPSA) is 0 Å². The molecule has 0 N–H and O–H groups in total. The maximum Gasteiger partial charge on any atom is 0.0813 e. The Morgan fingerprint density at radius 2 is 1.53 bits per heavy atom. The number of piperidine rings is 1. The molecule has 0 bridgehead atoms. The lowest BCUT2D eigenvalue weighted by Crippen LogP contribution is -2.50. The molecular formula is C14H28N+. The van der Waals surface area contributed by atoms with E-state index in [1.54, 1.807) is 0 Å². The van der Waals surface area contributed by atoms with Crippen LogP contribution in [0, 0.1) is 11.8 Å². The zero-order chi connectivity index (χ0) is 10.7. The summed E-state index contributed by atoms with van der Waals surface area (Å²) >= 11 is 0. The van der Waals surface area contributed by atoms with E-state index in [0.717, 1.165) is 11.8 Å². The number of hydrogen-bond donors (Lipinski definition) is 0. The molecule has 1 heterocycles. The molecule has 88 valence electrons. The quantitative estimate of drug-likeness (QED) is 0.612. The van der Waals surface area contributed by atoms with Crippen molar-refractivity contribution in [3.05, 3.63) is 0 Å². The predicted octanol–water partition coefficient (Wildman–Crippen LogP) is 3.44. The van der Waals surface area contributed by atoms with Gasteiger partial charge in [-0.15, -0.1) is 0 Å². The Hall–Kier alpha value is -0.0400. The molecule has 15 heavy (non-hydrogen) atoms. The van der Waals surface area contributed by atoms with Crippen LogP contribution in [0.5, 0.6) is 0 Å². The Morgan fingerprint density at radius 1 is 0.933 bits per heavy atom. The molecule has 0 radical (unpaired) electrons. The highest BCUT2D eigenvalue weighted by molar-refractivity contribution is 4.70. The standard InChI is InChI=1S/C14H28N/c1-13-6-8-14(9-7-13)12-15(2)10-4-3-5-11-15/h13-14H,3-12H2,1-2H3/q+1. The van der Waals surface area contributed by atoms with Gasteiger partial charge in [0.25, 0.3) is 0 Å². The molecule has 2 aliphatic rings. The van der Waals surface area contributed by atoms with Gasteiger partial charge in [0, 0.05) is 5.92 Å². The van der Waals surface area contributed by atoms with Gasteiger partial charge < -0.3 is 4.48 Å². The number of likely N-dealkylation sites (tertiary alicyclic amines) is 1. The summed E-state index contributed by atoms with van der Waals surface area (Å²) in [5.41, 5.74) is 0. The average molecular weight is 210 g/mol. The summed E-state index contributed by atoms with van der Waals surface area (Å²) in [5, 5.41) is 0. The van der Waals surface area contributed by atoms with Crippen LogP contribution >= 0.6 is 0 Å². The molecule has 2 rings (SSSR count). The van der Waals surface area contributed by atoms with Crippen molar-refractivity contribution in [1.29, 1.82) is 0 Å². The summed E-state index contributed by atoms with van der Waals surface area (Å²) in [6.07, 6.45) is 10.4. The van der Waals surface area contributed by atoms with E-state index < -0.39 is 0 Å². The minimum absolute atomic E-state index is 1.01.